The van der Waals surface area contributed by atoms with E-state index in [1.807, 2.05) is 74.5 Å². The van der Waals surface area contributed by atoms with Gasteiger partial charge in [0.2, 0.25) is 0 Å². The summed E-state index contributed by atoms with van der Waals surface area (Å²) in [5.41, 5.74) is 4.88. The third-order valence-corrected chi connectivity index (χ3v) is 4.89. The highest BCUT2D eigenvalue weighted by molar-refractivity contribution is 6.30. The van der Waals surface area contributed by atoms with E-state index in [1.165, 1.54) is 0 Å². The zero-order valence-corrected chi connectivity index (χ0v) is 16.3. The summed E-state index contributed by atoms with van der Waals surface area (Å²) in [6, 6.07) is 18.9. The van der Waals surface area contributed by atoms with E-state index in [1.54, 1.807) is 6.20 Å². The van der Waals surface area contributed by atoms with Crippen LogP contribution in [-0.2, 0) is 0 Å². The number of fused-ring (bicyclic) bond motifs is 1. The van der Waals surface area contributed by atoms with Crippen molar-refractivity contribution in [3.63, 3.8) is 0 Å². The molecule has 4 nitrogen and oxygen atoms in total. The van der Waals surface area contributed by atoms with E-state index in [-0.39, 0.29) is 5.91 Å². The Hall–Kier alpha value is -3.24. The van der Waals surface area contributed by atoms with Crippen LogP contribution in [0.15, 0.2) is 66.9 Å². The fraction of sp³-hybridized carbons (Fsp3) is 0.0870. The smallest absolute Gasteiger partial charge is 0.257 e. The van der Waals surface area contributed by atoms with E-state index in [9.17, 15) is 4.79 Å². The number of nitrogens with one attached hydrogen (secondary N) is 1. The first-order valence-electron chi connectivity index (χ1n) is 8.92. The predicted molar refractivity (Wildman–Crippen MR) is 114 cm³/mol. The summed E-state index contributed by atoms with van der Waals surface area (Å²) in [5.74, 6) is 0.322. The molecular weight excluding hydrogens is 370 g/mol. The van der Waals surface area contributed by atoms with Gasteiger partial charge in [0.25, 0.3) is 5.91 Å². The minimum atomic E-state index is -0.204. The number of halogens is 1. The third-order valence-electron chi connectivity index (χ3n) is 4.64. The molecule has 28 heavy (non-hydrogen) atoms. The van der Waals surface area contributed by atoms with Crippen molar-refractivity contribution in [3.05, 3.63) is 88.6 Å². The van der Waals surface area contributed by atoms with Gasteiger partial charge in [0.15, 0.2) is 0 Å². The highest BCUT2D eigenvalue weighted by Crippen LogP contribution is 2.30. The van der Waals surface area contributed by atoms with Gasteiger partial charge in [-0.3, -0.25) is 4.79 Å². The highest BCUT2D eigenvalue weighted by Gasteiger charge is 2.19. The van der Waals surface area contributed by atoms with E-state index < -0.39 is 0 Å². The summed E-state index contributed by atoms with van der Waals surface area (Å²) >= 11 is 6.03. The Morgan fingerprint density at radius 3 is 2.50 bits per heavy atom. The molecule has 2 heterocycles. The molecule has 2 aromatic carbocycles. The molecule has 0 unspecified atom stereocenters. The number of aromatic nitrogens is 2. The van der Waals surface area contributed by atoms with E-state index in [4.69, 9.17) is 16.6 Å². The van der Waals surface area contributed by atoms with Crippen LogP contribution in [0.5, 0.6) is 0 Å². The summed E-state index contributed by atoms with van der Waals surface area (Å²) in [5, 5.41) is 4.39. The molecule has 5 heteroatoms. The number of benzene rings is 2. The summed E-state index contributed by atoms with van der Waals surface area (Å²) in [7, 11) is 0. The first-order chi connectivity index (χ1) is 13.5. The molecular formula is C23H18ClN3O. The largest absolute Gasteiger partial charge is 0.307 e. The summed E-state index contributed by atoms with van der Waals surface area (Å²) in [4.78, 5) is 22.2. The van der Waals surface area contributed by atoms with Crippen LogP contribution in [0.25, 0.3) is 22.2 Å². The second-order valence-corrected chi connectivity index (χ2v) is 7.09. The Labute approximate surface area is 168 Å². The maximum absolute atomic E-state index is 13.2. The second kappa shape index (κ2) is 7.41. The fourth-order valence-corrected chi connectivity index (χ4v) is 3.40. The molecule has 0 radical (unpaired) electrons. The Kier molecular flexibility index (Phi) is 4.80. The molecule has 1 N–H and O–H groups in total. The average molecular weight is 388 g/mol. The number of carbonyl (C=O) groups is 1. The van der Waals surface area contributed by atoms with Gasteiger partial charge in [-0.2, -0.15) is 0 Å². The molecule has 4 rings (SSSR count). The lowest BCUT2D eigenvalue weighted by atomic mass is 9.97. The number of hydrogen-bond acceptors (Lipinski definition) is 3. The minimum absolute atomic E-state index is 0.204. The summed E-state index contributed by atoms with van der Waals surface area (Å²) < 4.78 is 0. The van der Waals surface area contributed by atoms with E-state index in [2.05, 4.69) is 10.3 Å². The van der Waals surface area contributed by atoms with Crippen LogP contribution in [0.4, 0.5) is 5.82 Å². The molecule has 0 atom stereocenters. The fourth-order valence-electron chi connectivity index (χ4n) is 3.27. The number of nitrogens with zero attached hydrogens (tertiary/aromatic N) is 2. The van der Waals surface area contributed by atoms with Gasteiger partial charge in [0, 0.05) is 22.2 Å². The summed E-state index contributed by atoms with van der Waals surface area (Å²) in [6.07, 6.45) is 1.68. The monoisotopic (exact) mass is 387 g/mol. The predicted octanol–water partition coefficient (Wildman–Crippen LogP) is 5.82. The zero-order valence-electron chi connectivity index (χ0n) is 15.5. The first kappa shape index (κ1) is 18.1. The van der Waals surface area contributed by atoms with Crippen LogP contribution in [0.3, 0.4) is 0 Å². The Morgan fingerprint density at radius 1 is 1.00 bits per heavy atom. The van der Waals surface area contributed by atoms with E-state index in [0.717, 1.165) is 33.3 Å². The second-order valence-electron chi connectivity index (χ2n) is 6.66. The maximum atomic E-state index is 13.2. The number of aryl methyl sites for hydroxylation is 1. The first-order valence-corrected chi connectivity index (χ1v) is 9.30. The number of anilines is 1. The lowest BCUT2D eigenvalue weighted by molar-refractivity contribution is 0.102. The van der Waals surface area contributed by atoms with Gasteiger partial charge in [-0.15, -0.1) is 0 Å². The van der Waals surface area contributed by atoms with Crippen molar-refractivity contribution in [1.82, 2.24) is 9.97 Å². The molecule has 0 saturated carbocycles. The zero-order chi connectivity index (χ0) is 19.7. The minimum Gasteiger partial charge on any atom is -0.307 e. The SMILES string of the molecule is Cc1ccnc(NC(=O)c2c(C)c(-c3ccc(Cl)cc3)nc3ccccc23)c1. The summed E-state index contributed by atoms with van der Waals surface area (Å²) in [6.45, 7) is 3.88. The molecule has 0 bridgehead atoms. The topological polar surface area (TPSA) is 54.9 Å². The Balaban J connectivity index is 1.87. The quantitative estimate of drug-likeness (QED) is 0.482. The molecule has 0 aliphatic carbocycles. The number of carbonyl (C=O) groups excluding carboxylic acids is 1. The maximum Gasteiger partial charge on any atom is 0.257 e. The van der Waals surface area contributed by atoms with Gasteiger partial charge in [-0.1, -0.05) is 41.9 Å². The van der Waals surface area contributed by atoms with Crippen LogP contribution in [0.1, 0.15) is 21.5 Å². The van der Waals surface area contributed by atoms with Crippen molar-refractivity contribution in [3.8, 4) is 11.3 Å². The number of pyridine rings is 2. The van der Waals surface area contributed by atoms with Crippen molar-refractivity contribution in [2.75, 3.05) is 5.32 Å². The van der Waals surface area contributed by atoms with Crippen LogP contribution >= 0.6 is 11.6 Å². The van der Waals surface area contributed by atoms with Gasteiger partial charge < -0.3 is 5.32 Å². The molecule has 1 amide bonds. The molecule has 138 valence electrons. The lowest BCUT2D eigenvalue weighted by Crippen LogP contribution is -2.16. The highest BCUT2D eigenvalue weighted by atomic mass is 35.5. The Morgan fingerprint density at radius 2 is 1.75 bits per heavy atom. The molecule has 0 saturated heterocycles. The van der Waals surface area contributed by atoms with E-state index >= 15 is 0 Å². The number of amides is 1. The molecule has 0 aliphatic rings. The molecule has 0 aliphatic heterocycles. The molecule has 4 aromatic rings. The number of para-hydroxylation sites is 1. The van der Waals surface area contributed by atoms with Crippen molar-refractivity contribution in [2.45, 2.75) is 13.8 Å². The lowest BCUT2D eigenvalue weighted by Gasteiger charge is -2.15. The van der Waals surface area contributed by atoms with Crippen molar-refractivity contribution < 1.29 is 4.79 Å². The molecule has 2 aromatic heterocycles. The van der Waals surface area contributed by atoms with Gasteiger partial charge in [-0.05, 0) is 55.3 Å². The van der Waals surface area contributed by atoms with Gasteiger partial charge in [0.1, 0.15) is 5.82 Å². The standard InChI is InChI=1S/C23H18ClN3O/c1-14-11-12-25-20(13-14)27-23(28)21-15(2)22(16-7-9-17(24)10-8-16)26-19-6-4-3-5-18(19)21/h3-13H,1-2H3,(H,25,27,28). The molecule has 0 fully saturated rings. The van der Waals surface area contributed by atoms with Gasteiger partial charge in [-0.25, -0.2) is 9.97 Å². The number of hydrogen-bond donors (Lipinski definition) is 1. The van der Waals surface area contributed by atoms with Crippen molar-refractivity contribution in [1.29, 1.82) is 0 Å². The Bertz CT molecular complexity index is 1190. The van der Waals surface area contributed by atoms with Gasteiger partial charge in [0.05, 0.1) is 16.8 Å². The average Bonchev–Trinajstić information content (AvgIpc) is 2.68. The van der Waals surface area contributed by atoms with Crippen molar-refractivity contribution >= 4 is 34.2 Å². The van der Waals surface area contributed by atoms with Crippen LogP contribution in [0, 0.1) is 13.8 Å². The van der Waals surface area contributed by atoms with Crippen LogP contribution in [0.2, 0.25) is 5.02 Å². The normalized spacial score (nSPS) is 10.8. The van der Waals surface area contributed by atoms with Crippen LogP contribution in [-0.4, -0.2) is 15.9 Å². The van der Waals surface area contributed by atoms with Crippen LogP contribution < -0.4 is 5.32 Å². The number of rotatable bonds is 3. The van der Waals surface area contributed by atoms with Crippen molar-refractivity contribution in [2.24, 2.45) is 0 Å². The third kappa shape index (κ3) is 3.47. The van der Waals surface area contributed by atoms with Gasteiger partial charge >= 0.3 is 0 Å². The van der Waals surface area contributed by atoms with E-state index in [0.29, 0.717) is 16.4 Å². The molecule has 0 spiro atoms.